The maximum absolute atomic E-state index is 9.03. The minimum absolute atomic E-state index is 0.299. The van der Waals surface area contributed by atoms with Gasteiger partial charge in [0.05, 0.1) is 0 Å². The van der Waals surface area contributed by atoms with Crippen molar-refractivity contribution in [1.82, 2.24) is 0 Å². The predicted molar refractivity (Wildman–Crippen MR) is 51.3 cm³/mol. The summed E-state index contributed by atoms with van der Waals surface area (Å²) < 4.78 is 0. The van der Waals surface area contributed by atoms with Gasteiger partial charge in [0.15, 0.2) is 0 Å². The molecule has 0 aromatic heterocycles. The molecule has 0 aliphatic carbocycles. The number of phenols is 1. The molecule has 0 radical (unpaired) electrons. The van der Waals surface area contributed by atoms with Gasteiger partial charge in [-0.25, -0.2) is 0 Å². The van der Waals surface area contributed by atoms with Crippen molar-refractivity contribution in [2.45, 2.75) is 6.92 Å². The van der Waals surface area contributed by atoms with Crippen molar-refractivity contribution in [3.05, 3.63) is 36.5 Å². The molecule has 0 spiro atoms. The Morgan fingerprint density at radius 3 is 2.33 bits per heavy atom. The molecule has 1 aromatic carbocycles. The first-order valence-electron chi connectivity index (χ1n) is 3.88. The Kier molecular flexibility index (Phi) is 2.75. The number of phenolic OH excluding ortho intramolecular Hbond substituents is 1. The highest BCUT2D eigenvalue weighted by Gasteiger charge is 1.94. The summed E-state index contributed by atoms with van der Waals surface area (Å²) in [5, 5.41) is 9.03. The Bertz CT molecular complexity index is 264. The van der Waals surface area contributed by atoms with E-state index in [9.17, 15) is 0 Å². The molecule has 0 aliphatic rings. The molecule has 12 heavy (non-hydrogen) atoms. The summed E-state index contributed by atoms with van der Waals surface area (Å²) in [7, 11) is 1.96. The molecule has 1 rings (SSSR count). The van der Waals surface area contributed by atoms with Crippen molar-refractivity contribution in [2.24, 2.45) is 0 Å². The van der Waals surface area contributed by atoms with Crippen LogP contribution in [0.1, 0.15) is 6.92 Å². The summed E-state index contributed by atoms with van der Waals surface area (Å²) in [5.74, 6) is 0.299. The highest BCUT2D eigenvalue weighted by Crippen LogP contribution is 2.16. The Morgan fingerprint density at radius 1 is 1.25 bits per heavy atom. The van der Waals surface area contributed by atoms with Gasteiger partial charge in [-0.2, -0.15) is 0 Å². The van der Waals surface area contributed by atoms with Crippen LogP contribution in [0.5, 0.6) is 5.75 Å². The zero-order chi connectivity index (χ0) is 8.97. The van der Waals surface area contributed by atoms with E-state index in [0.717, 1.165) is 5.69 Å². The lowest BCUT2D eigenvalue weighted by atomic mass is 10.3. The number of aromatic hydroxyl groups is 1. The van der Waals surface area contributed by atoms with Crippen LogP contribution < -0.4 is 4.90 Å². The Balaban J connectivity index is 2.82. The number of anilines is 1. The lowest BCUT2D eigenvalue weighted by Gasteiger charge is -2.13. The van der Waals surface area contributed by atoms with E-state index in [-0.39, 0.29) is 0 Å². The molecule has 0 saturated carbocycles. The molecule has 0 atom stereocenters. The summed E-state index contributed by atoms with van der Waals surface area (Å²) in [6, 6.07) is 7.09. The van der Waals surface area contributed by atoms with Crippen LogP contribution in [0.4, 0.5) is 5.69 Å². The van der Waals surface area contributed by atoms with Crippen LogP contribution in [-0.4, -0.2) is 12.2 Å². The van der Waals surface area contributed by atoms with Crippen molar-refractivity contribution >= 4 is 5.69 Å². The maximum atomic E-state index is 9.03. The molecular formula is C10H13NO. The van der Waals surface area contributed by atoms with Crippen LogP contribution in [0, 0.1) is 0 Å². The molecule has 0 saturated heterocycles. The average molecular weight is 163 g/mol. The summed E-state index contributed by atoms with van der Waals surface area (Å²) in [6.45, 7) is 1.97. The van der Waals surface area contributed by atoms with E-state index < -0.39 is 0 Å². The summed E-state index contributed by atoms with van der Waals surface area (Å²) >= 11 is 0. The second kappa shape index (κ2) is 3.81. The maximum Gasteiger partial charge on any atom is 0.115 e. The van der Waals surface area contributed by atoms with Crippen molar-refractivity contribution in [3.63, 3.8) is 0 Å². The summed E-state index contributed by atoms with van der Waals surface area (Å²) in [4.78, 5) is 1.99. The lowest BCUT2D eigenvalue weighted by Crippen LogP contribution is -2.06. The zero-order valence-electron chi connectivity index (χ0n) is 7.36. The van der Waals surface area contributed by atoms with Crippen LogP contribution in [0.3, 0.4) is 0 Å². The van der Waals surface area contributed by atoms with E-state index >= 15 is 0 Å². The fourth-order valence-electron chi connectivity index (χ4n) is 0.997. The molecule has 1 N–H and O–H groups in total. The highest BCUT2D eigenvalue weighted by molar-refractivity contribution is 5.50. The molecule has 2 nitrogen and oxygen atoms in total. The standard InChI is InChI=1S/C10H13NO/c1-3-8-11(2)9-4-6-10(12)7-5-9/h3-8,12H,1-2H3/b8-3+. The Labute approximate surface area is 72.8 Å². The third-order valence-electron chi connectivity index (χ3n) is 1.63. The third-order valence-corrected chi connectivity index (χ3v) is 1.63. The number of rotatable bonds is 2. The molecule has 0 amide bonds. The molecule has 2 heteroatoms. The van der Waals surface area contributed by atoms with Gasteiger partial charge in [-0.05, 0) is 37.4 Å². The largest absolute Gasteiger partial charge is 0.508 e. The zero-order valence-corrected chi connectivity index (χ0v) is 7.36. The van der Waals surface area contributed by atoms with E-state index in [1.165, 1.54) is 0 Å². The van der Waals surface area contributed by atoms with E-state index in [2.05, 4.69) is 0 Å². The first-order valence-corrected chi connectivity index (χ1v) is 3.88. The molecule has 0 aliphatic heterocycles. The fourth-order valence-corrected chi connectivity index (χ4v) is 0.997. The van der Waals surface area contributed by atoms with E-state index in [4.69, 9.17) is 5.11 Å². The number of hydrogen-bond acceptors (Lipinski definition) is 2. The van der Waals surface area contributed by atoms with Crippen LogP contribution >= 0.6 is 0 Å². The predicted octanol–water partition coefficient (Wildman–Crippen LogP) is 2.36. The molecule has 64 valence electrons. The van der Waals surface area contributed by atoms with Gasteiger partial charge >= 0.3 is 0 Å². The average Bonchev–Trinajstić information content (AvgIpc) is 2.06. The Morgan fingerprint density at radius 2 is 1.83 bits per heavy atom. The third kappa shape index (κ3) is 2.02. The number of nitrogens with zero attached hydrogens (tertiary/aromatic N) is 1. The number of allylic oxidation sites excluding steroid dienone is 1. The SMILES string of the molecule is C/C=C/N(C)c1ccc(O)cc1. The van der Waals surface area contributed by atoms with E-state index in [1.807, 2.05) is 43.3 Å². The summed E-state index contributed by atoms with van der Waals surface area (Å²) in [6.07, 6.45) is 3.93. The summed E-state index contributed by atoms with van der Waals surface area (Å²) in [5.41, 5.74) is 1.06. The number of hydrogen-bond donors (Lipinski definition) is 1. The van der Waals surface area contributed by atoms with Gasteiger partial charge in [0, 0.05) is 12.7 Å². The molecule has 0 bridgehead atoms. The van der Waals surface area contributed by atoms with Crippen molar-refractivity contribution in [3.8, 4) is 5.75 Å². The van der Waals surface area contributed by atoms with Crippen LogP contribution in [0.25, 0.3) is 0 Å². The quantitative estimate of drug-likeness (QED) is 0.723. The second-order valence-corrected chi connectivity index (χ2v) is 2.61. The van der Waals surface area contributed by atoms with Gasteiger partial charge in [0.2, 0.25) is 0 Å². The highest BCUT2D eigenvalue weighted by atomic mass is 16.3. The molecule has 0 fully saturated rings. The second-order valence-electron chi connectivity index (χ2n) is 2.61. The van der Waals surface area contributed by atoms with E-state index in [1.54, 1.807) is 12.1 Å². The van der Waals surface area contributed by atoms with Gasteiger partial charge in [-0.15, -0.1) is 0 Å². The molecular weight excluding hydrogens is 150 g/mol. The number of benzene rings is 1. The normalized spacial score (nSPS) is 10.5. The Hall–Kier alpha value is -1.44. The van der Waals surface area contributed by atoms with Crippen LogP contribution in [-0.2, 0) is 0 Å². The first kappa shape index (κ1) is 8.65. The monoisotopic (exact) mass is 163 g/mol. The van der Waals surface area contributed by atoms with Crippen molar-refractivity contribution in [2.75, 3.05) is 11.9 Å². The first-order chi connectivity index (χ1) is 5.74. The minimum Gasteiger partial charge on any atom is -0.508 e. The fraction of sp³-hybridized carbons (Fsp3) is 0.200. The van der Waals surface area contributed by atoms with Crippen molar-refractivity contribution < 1.29 is 5.11 Å². The van der Waals surface area contributed by atoms with Crippen LogP contribution in [0.2, 0.25) is 0 Å². The van der Waals surface area contributed by atoms with Gasteiger partial charge < -0.3 is 10.0 Å². The topological polar surface area (TPSA) is 23.5 Å². The van der Waals surface area contributed by atoms with Gasteiger partial charge in [-0.1, -0.05) is 6.08 Å². The van der Waals surface area contributed by atoms with Gasteiger partial charge in [0.25, 0.3) is 0 Å². The molecule has 1 aromatic rings. The van der Waals surface area contributed by atoms with Crippen molar-refractivity contribution in [1.29, 1.82) is 0 Å². The smallest absolute Gasteiger partial charge is 0.115 e. The molecule has 0 heterocycles. The van der Waals surface area contributed by atoms with E-state index in [0.29, 0.717) is 5.75 Å². The lowest BCUT2D eigenvalue weighted by molar-refractivity contribution is 0.475. The van der Waals surface area contributed by atoms with Gasteiger partial charge in [-0.3, -0.25) is 0 Å². The minimum atomic E-state index is 0.299. The molecule has 0 unspecified atom stereocenters. The van der Waals surface area contributed by atoms with Crippen LogP contribution in [0.15, 0.2) is 36.5 Å². The van der Waals surface area contributed by atoms with Gasteiger partial charge in [0.1, 0.15) is 5.75 Å².